The molecule has 0 saturated carbocycles. The van der Waals surface area contributed by atoms with Crippen LogP contribution in [0.15, 0.2) is 53.9 Å². The van der Waals surface area contributed by atoms with Gasteiger partial charge in [-0.15, -0.1) is 6.58 Å². The van der Waals surface area contributed by atoms with Gasteiger partial charge >= 0.3 is 12.2 Å². The van der Waals surface area contributed by atoms with Gasteiger partial charge in [0.2, 0.25) is 5.96 Å². The van der Waals surface area contributed by atoms with Crippen LogP contribution in [0.2, 0.25) is 0 Å². The lowest BCUT2D eigenvalue weighted by Crippen LogP contribution is -2.56. The number of nitrogens with two attached hydrogens (primary N) is 2. The third-order valence-corrected chi connectivity index (χ3v) is 3.37. The monoisotopic (exact) mass is 374 g/mol. The Kier molecular flexibility index (Phi) is 6.12. The van der Waals surface area contributed by atoms with Crippen LogP contribution >= 0.6 is 0 Å². The Hall–Kier alpha value is -3.86. The van der Waals surface area contributed by atoms with Crippen molar-refractivity contribution in [1.82, 2.24) is 10.6 Å². The Labute approximate surface area is 154 Å². The van der Waals surface area contributed by atoms with Crippen LogP contribution in [0.1, 0.15) is 10.4 Å². The SMILES string of the molecule is C=CCNC(=O)c1ccccc1N1C(NC(N)=O)=NC=C(OC(=O)O)C1N. The first-order chi connectivity index (χ1) is 12.8. The Morgan fingerprint density at radius 3 is 2.70 bits per heavy atom. The molecule has 11 heteroatoms. The van der Waals surface area contributed by atoms with Crippen LogP contribution in [-0.2, 0) is 4.74 Å². The predicted molar refractivity (Wildman–Crippen MR) is 96.8 cm³/mol. The van der Waals surface area contributed by atoms with Gasteiger partial charge in [-0.3, -0.25) is 15.0 Å². The number of carbonyl (C=O) groups is 3. The highest BCUT2D eigenvalue weighted by molar-refractivity contribution is 6.10. The number of benzene rings is 1. The van der Waals surface area contributed by atoms with Crippen LogP contribution in [-0.4, -0.2) is 41.9 Å². The lowest BCUT2D eigenvalue weighted by molar-refractivity contribution is 0.0957. The van der Waals surface area contributed by atoms with E-state index in [1.54, 1.807) is 18.2 Å². The summed E-state index contributed by atoms with van der Waals surface area (Å²) in [5.74, 6) is -0.748. The van der Waals surface area contributed by atoms with E-state index in [0.29, 0.717) is 0 Å². The Morgan fingerprint density at radius 1 is 1.37 bits per heavy atom. The second kappa shape index (κ2) is 8.49. The molecule has 1 aliphatic heterocycles. The molecule has 1 atom stereocenters. The minimum absolute atomic E-state index is 0.100. The normalized spacial score (nSPS) is 15.9. The summed E-state index contributed by atoms with van der Waals surface area (Å²) < 4.78 is 4.62. The molecule has 1 unspecified atom stereocenters. The highest BCUT2D eigenvalue weighted by atomic mass is 16.7. The second-order valence-electron chi connectivity index (χ2n) is 5.17. The number of nitrogens with one attached hydrogen (secondary N) is 2. The number of hydrogen-bond donors (Lipinski definition) is 5. The van der Waals surface area contributed by atoms with Gasteiger partial charge in [-0.05, 0) is 12.1 Å². The van der Waals surface area contributed by atoms with Crippen molar-refractivity contribution >= 4 is 29.7 Å². The molecule has 11 nitrogen and oxygen atoms in total. The van der Waals surface area contributed by atoms with Gasteiger partial charge in [-0.1, -0.05) is 18.2 Å². The van der Waals surface area contributed by atoms with Crippen LogP contribution in [0.3, 0.4) is 0 Å². The van der Waals surface area contributed by atoms with E-state index in [1.807, 2.05) is 0 Å². The number of nitrogens with zero attached hydrogens (tertiary/aromatic N) is 2. The minimum atomic E-state index is -1.59. The van der Waals surface area contributed by atoms with Gasteiger partial charge < -0.3 is 26.6 Å². The van der Waals surface area contributed by atoms with E-state index in [1.165, 1.54) is 17.0 Å². The molecule has 142 valence electrons. The zero-order chi connectivity index (χ0) is 20.0. The van der Waals surface area contributed by atoms with E-state index < -0.39 is 24.3 Å². The summed E-state index contributed by atoms with van der Waals surface area (Å²) >= 11 is 0. The maximum absolute atomic E-state index is 12.4. The van der Waals surface area contributed by atoms with Crippen molar-refractivity contribution in [2.24, 2.45) is 16.5 Å². The van der Waals surface area contributed by atoms with Crippen LogP contribution in [0, 0.1) is 0 Å². The average Bonchev–Trinajstić information content (AvgIpc) is 2.61. The minimum Gasteiger partial charge on any atom is -0.449 e. The number of guanidine groups is 1. The molecule has 27 heavy (non-hydrogen) atoms. The van der Waals surface area contributed by atoms with Crippen LogP contribution in [0.4, 0.5) is 15.3 Å². The van der Waals surface area contributed by atoms with E-state index in [4.69, 9.17) is 16.6 Å². The quantitative estimate of drug-likeness (QED) is 0.363. The third kappa shape index (κ3) is 4.61. The fraction of sp³-hybridized carbons (Fsp3) is 0.125. The average molecular weight is 374 g/mol. The lowest BCUT2D eigenvalue weighted by Gasteiger charge is -2.34. The summed E-state index contributed by atoms with van der Waals surface area (Å²) in [5.41, 5.74) is 11.7. The Morgan fingerprint density at radius 2 is 2.07 bits per heavy atom. The summed E-state index contributed by atoms with van der Waals surface area (Å²) in [6.45, 7) is 3.76. The first kappa shape index (κ1) is 19.5. The number of para-hydroxylation sites is 1. The molecule has 7 N–H and O–H groups in total. The summed E-state index contributed by atoms with van der Waals surface area (Å²) in [7, 11) is 0. The fourth-order valence-electron chi connectivity index (χ4n) is 2.31. The van der Waals surface area contributed by atoms with Gasteiger partial charge in [-0.25, -0.2) is 14.6 Å². The van der Waals surface area contributed by atoms with Crippen molar-refractivity contribution in [2.75, 3.05) is 11.4 Å². The number of amides is 3. The number of hydrogen-bond acceptors (Lipinski definition) is 7. The number of carboxylic acid groups (broad SMARTS) is 1. The van der Waals surface area contributed by atoms with Gasteiger partial charge in [0.25, 0.3) is 5.91 Å². The third-order valence-electron chi connectivity index (χ3n) is 3.37. The molecular weight excluding hydrogens is 356 g/mol. The highest BCUT2D eigenvalue weighted by Gasteiger charge is 2.32. The second-order valence-corrected chi connectivity index (χ2v) is 5.17. The van der Waals surface area contributed by atoms with Crippen LogP contribution in [0.25, 0.3) is 0 Å². The number of rotatable bonds is 5. The van der Waals surface area contributed by atoms with Gasteiger partial charge in [0.1, 0.15) is 6.17 Å². The Bertz CT molecular complexity index is 834. The largest absolute Gasteiger partial charge is 0.511 e. The smallest absolute Gasteiger partial charge is 0.449 e. The summed E-state index contributed by atoms with van der Waals surface area (Å²) in [6, 6.07) is 5.41. The summed E-state index contributed by atoms with van der Waals surface area (Å²) in [5, 5.41) is 13.8. The van der Waals surface area contributed by atoms with Crippen molar-refractivity contribution in [1.29, 1.82) is 0 Å². The zero-order valence-corrected chi connectivity index (χ0v) is 14.1. The molecule has 3 amide bonds. The number of anilines is 1. The molecule has 0 spiro atoms. The van der Waals surface area contributed by atoms with E-state index in [9.17, 15) is 14.4 Å². The van der Waals surface area contributed by atoms with Crippen molar-refractivity contribution in [3.63, 3.8) is 0 Å². The zero-order valence-electron chi connectivity index (χ0n) is 14.1. The van der Waals surface area contributed by atoms with E-state index >= 15 is 0 Å². The highest BCUT2D eigenvalue weighted by Crippen LogP contribution is 2.26. The van der Waals surface area contributed by atoms with Crippen molar-refractivity contribution in [3.8, 4) is 0 Å². The molecule has 0 saturated heterocycles. The lowest BCUT2D eigenvalue weighted by atomic mass is 10.1. The molecule has 0 fully saturated rings. The van der Waals surface area contributed by atoms with Gasteiger partial charge in [0, 0.05) is 6.54 Å². The molecule has 1 aromatic carbocycles. The predicted octanol–water partition coefficient (Wildman–Crippen LogP) is 0.268. The number of primary amides is 1. The molecule has 2 rings (SSSR count). The van der Waals surface area contributed by atoms with E-state index in [0.717, 1.165) is 6.20 Å². The van der Waals surface area contributed by atoms with Gasteiger partial charge in [-0.2, -0.15) is 0 Å². The number of aliphatic imine (C=N–C) groups is 1. The van der Waals surface area contributed by atoms with Gasteiger partial charge in [0.05, 0.1) is 17.5 Å². The molecule has 1 heterocycles. The van der Waals surface area contributed by atoms with Gasteiger partial charge in [0.15, 0.2) is 5.76 Å². The Balaban J connectivity index is 2.50. The maximum Gasteiger partial charge on any atom is 0.511 e. The molecule has 0 aromatic heterocycles. The number of urea groups is 1. The van der Waals surface area contributed by atoms with Crippen molar-refractivity contribution in [2.45, 2.75) is 6.17 Å². The van der Waals surface area contributed by atoms with Crippen molar-refractivity contribution in [3.05, 3.63) is 54.4 Å². The first-order valence-corrected chi connectivity index (χ1v) is 7.63. The molecule has 0 bridgehead atoms. The summed E-state index contributed by atoms with van der Waals surface area (Å²) in [6.07, 6.45) is -0.235. The topological polar surface area (TPSA) is 172 Å². The number of carbonyl (C=O) groups excluding carboxylic acids is 2. The molecule has 0 aliphatic carbocycles. The summed E-state index contributed by atoms with van der Waals surface area (Å²) in [4.78, 5) is 39.8. The standard InChI is InChI=1S/C16H18N6O5/c1-2-7-19-13(23)9-5-3-4-6-10(9)22-12(17)11(27-16(25)26)8-20-15(22)21-14(18)24/h2-6,8,12H,1,7,17H2,(H,19,23)(H,25,26)(H3,18,20,21,24). The van der Waals surface area contributed by atoms with E-state index in [2.05, 4.69) is 26.9 Å². The fourth-order valence-corrected chi connectivity index (χ4v) is 2.31. The molecule has 1 aliphatic rings. The molecule has 0 radical (unpaired) electrons. The first-order valence-electron chi connectivity index (χ1n) is 7.63. The van der Waals surface area contributed by atoms with Crippen LogP contribution in [0.5, 0.6) is 0 Å². The molecular formula is C16H18N6O5. The van der Waals surface area contributed by atoms with E-state index in [-0.39, 0.29) is 29.5 Å². The maximum atomic E-state index is 12.4. The van der Waals surface area contributed by atoms with Crippen LogP contribution < -0.4 is 27.0 Å². The number of ether oxygens (including phenoxy) is 1. The molecule has 1 aromatic rings. The van der Waals surface area contributed by atoms with Crippen molar-refractivity contribution < 1.29 is 24.2 Å².